The summed E-state index contributed by atoms with van der Waals surface area (Å²) in [5.41, 5.74) is 0.673. The van der Waals surface area contributed by atoms with E-state index in [0.29, 0.717) is 5.69 Å². The van der Waals surface area contributed by atoms with E-state index in [1.807, 2.05) is 0 Å². The molecular weight excluding hydrogens is 272 g/mol. The largest absolute Gasteiger partial charge is 0.478 e. The van der Waals surface area contributed by atoms with Gasteiger partial charge in [-0.05, 0) is 6.92 Å². The summed E-state index contributed by atoms with van der Waals surface area (Å²) in [7, 11) is 0. The number of nitrogens with zero attached hydrogens (tertiary/aromatic N) is 2. The summed E-state index contributed by atoms with van der Waals surface area (Å²) in [6.45, 7) is 1.60. The van der Waals surface area contributed by atoms with Crippen LogP contribution in [0.25, 0.3) is 0 Å². The zero-order chi connectivity index (χ0) is 14.0. The van der Waals surface area contributed by atoms with Crippen molar-refractivity contribution in [3.8, 4) is 0 Å². The number of carbonyl (C=O) groups excluding carboxylic acids is 1. The molecule has 0 aliphatic carbocycles. The number of amides is 1. The molecule has 0 spiro atoms. The Hall–Kier alpha value is -2.41. The van der Waals surface area contributed by atoms with Crippen molar-refractivity contribution in [3.05, 3.63) is 40.7 Å². The van der Waals surface area contributed by atoms with E-state index in [1.54, 1.807) is 6.92 Å². The zero-order valence-corrected chi connectivity index (χ0v) is 10.5. The number of halogens is 1. The van der Waals surface area contributed by atoms with E-state index < -0.39 is 11.9 Å². The molecule has 8 heteroatoms. The molecule has 2 aromatic rings. The monoisotopic (exact) mass is 280 g/mol. The molecule has 19 heavy (non-hydrogen) atoms. The SMILES string of the molecule is Cc1[nH]cc(NC(=O)c2cnc(Cl)cn2)c1C(=O)O. The summed E-state index contributed by atoms with van der Waals surface area (Å²) >= 11 is 5.56. The topological polar surface area (TPSA) is 108 Å². The summed E-state index contributed by atoms with van der Waals surface area (Å²) < 4.78 is 0. The van der Waals surface area contributed by atoms with Crippen molar-refractivity contribution in [2.24, 2.45) is 0 Å². The molecule has 0 saturated heterocycles. The first kappa shape index (κ1) is 13.0. The van der Waals surface area contributed by atoms with Gasteiger partial charge in [-0.2, -0.15) is 0 Å². The maximum Gasteiger partial charge on any atom is 0.339 e. The summed E-state index contributed by atoms with van der Waals surface area (Å²) in [6, 6.07) is 0. The molecule has 0 aliphatic rings. The van der Waals surface area contributed by atoms with Gasteiger partial charge in [0.1, 0.15) is 16.4 Å². The van der Waals surface area contributed by atoms with Gasteiger partial charge in [-0.25, -0.2) is 14.8 Å². The van der Waals surface area contributed by atoms with Gasteiger partial charge in [-0.3, -0.25) is 4.79 Å². The summed E-state index contributed by atoms with van der Waals surface area (Å²) in [4.78, 5) is 33.1. The Morgan fingerprint density at radius 2 is 2.11 bits per heavy atom. The molecule has 2 heterocycles. The van der Waals surface area contributed by atoms with Crippen molar-refractivity contribution < 1.29 is 14.7 Å². The predicted molar refractivity (Wildman–Crippen MR) is 67.5 cm³/mol. The number of aromatic nitrogens is 3. The first-order valence-corrected chi connectivity index (χ1v) is 5.57. The average molecular weight is 281 g/mol. The fourth-order valence-corrected chi connectivity index (χ4v) is 1.61. The molecule has 1 amide bonds. The van der Waals surface area contributed by atoms with Crippen LogP contribution in [0.4, 0.5) is 5.69 Å². The number of aromatic carboxylic acids is 1. The number of hydrogen-bond acceptors (Lipinski definition) is 4. The number of aromatic amines is 1. The Labute approximate surface area is 112 Å². The molecule has 7 nitrogen and oxygen atoms in total. The highest BCUT2D eigenvalue weighted by Crippen LogP contribution is 2.19. The fraction of sp³-hybridized carbons (Fsp3) is 0.0909. The summed E-state index contributed by atoms with van der Waals surface area (Å²) in [6.07, 6.45) is 3.84. The van der Waals surface area contributed by atoms with E-state index in [4.69, 9.17) is 16.7 Å². The second-order valence-electron chi connectivity index (χ2n) is 3.69. The van der Waals surface area contributed by atoms with Gasteiger partial charge >= 0.3 is 5.97 Å². The molecular formula is C11H9ClN4O3. The third-order valence-electron chi connectivity index (χ3n) is 2.39. The van der Waals surface area contributed by atoms with Gasteiger partial charge in [0.05, 0.1) is 18.1 Å². The lowest BCUT2D eigenvalue weighted by Gasteiger charge is -2.03. The molecule has 2 rings (SSSR count). The number of anilines is 1. The zero-order valence-electron chi connectivity index (χ0n) is 9.77. The number of carboxylic acid groups (broad SMARTS) is 1. The second kappa shape index (κ2) is 5.07. The van der Waals surface area contributed by atoms with Crippen LogP contribution in [0.3, 0.4) is 0 Å². The molecule has 0 atom stereocenters. The minimum atomic E-state index is -1.13. The van der Waals surface area contributed by atoms with Crippen LogP contribution in [-0.4, -0.2) is 31.9 Å². The van der Waals surface area contributed by atoms with E-state index in [1.165, 1.54) is 18.6 Å². The van der Waals surface area contributed by atoms with Crippen LogP contribution >= 0.6 is 11.6 Å². The van der Waals surface area contributed by atoms with Crippen LogP contribution in [0.15, 0.2) is 18.6 Å². The normalized spacial score (nSPS) is 10.2. The standard InChI is InChI=1S/C11H9ClN4O3/c1-5-9(11(18)19)6(2-13-5)16-10(17)7-3-15-8(12)4-14-7/h2-4,13H,1H3,(H,16,17)(H,18,19). The van der Waals surface area contributed by atoms with Gasteiger partial charge in [0.25, 0.3) is 5.91 Å². The van der Waals surface area contributed by atoms with Crippen molar-refractivity contribution in [2.45, 2.75) is 6.92 Å². The van der Waals surface area contributed by atoms with Crippen molar-refractivity contribution in [1.29, 1.82) is 0 Å². The number of carboxylic acids is 1. The minimum Gasteiger partial charge on any atom is -0.478 e. The number of rotatable bonds is 3. The predicted octanol–water partition coefficient (Wildman–Crippen LogP) is 1.72. The van der Waals surface area contributed by atoms with Crippen LogP contribution in [0.1, 0.15) is 26.5 Å². The van der Waals surface area contributed by atoms with E-state index in [0.717, 1.165) is 0 Å². The van der Waals surface area contributed by atoms with E-state index in [9.17, 15) is 9.59 Å². The highest BCUT2D eigenvalue weighted by atomic mass is 35.5. The van der Waals surface area contributed by atoms with E-state index in [2.05, 4.69) is 20.3 Å². The van der Waals surface area contributed by atoms with E-state index >= 15 is 0 Å². The maximum absolute atomic E-state index is 11.8. The Morgan fingerprint density at radius 3 is 2.68 bits per heavy atom. The lowest BCUT2D eigenvalue weighted by atomic mass is 10.2. The lowest BCUT2D eigenvalue weighted by molar-refractivity contribution is 0.0697. The first-order chi connectivity index (χ1) is 8.99. The highest BCUT2D eigenvalue weighted by molar-refractivity contribution is 6.29. The van der Waals surface area contributed by atoms with Crippen molar-refractivity contribution >= 4 is 29.2 Å². The molecule has 98 valence electrons. The van der Waals surface area contributed by atoms with Crippen molar-refractivity contribution in [3.63, 3.8) is 0 Å². The van der Waals surface area contributed by atoms with Gasteiger partial charge in [0, 0.05) is 11.9 Å². The number of hydrogen-bond donors (Lipinski definition) is 3. The molecule has 0 bridgehead atoms. The Balaban J connectivity index is 2.24. The molecule has 0 aromatic carbocycles. The Bertz CT molecular complexity index is 636. The maximum atomic E-state index is 11.8. The van der Waals surface area contributed by atoms with Gasteiger partial charge in [-0.15, -0.1) is 0 Å². The molecule has 0 aliphatic heterocycles. The van der Waals surface area contributed by atoms with Crippen molar-refractivity contribution in [2.75, 3.05) is 5.32 Å². The lowest BCUT2D eigenvalue weighted by Crippen LogP contribution is -2.15. The van der Waals surface area contributed by atoms with Gasteiger partial charge < -0.3 is 15.4 Å². The second-order valence-corrected chi connectivity index (χ2v) is 4.07. The number of H-pyrrole nitrogens is 1. The van der Waals surface area contributed by atoms with Gasteiger partial charge in [0.2, 0.25) is 0 Å². The molecule has 2 aromatic heterocycles. The van der Waals surface area contributed by atoms with E-state index in [-0.39, 0.29) is 22.1 Å². The quantitative estimate of drug-likeness (QED) is 0.793. The van der Waals surface area contributed by atoms with Crippen LogP contribution in [0, 0.1) is 6.92 Å². The first-order valence-electron chi connectivity index (χ1n) is 5.19. The summed E-state index contributed by atoms with van der Waals surface area (Å²) in [5, 5.41) is 11.7. The molecule has 0 fully saturated rings. The Kier molecular flexibility index (Phi) is 3.48. The number of aryl methyl sites for hydroxylation is 1. The average Bonchev–Trinajstić information content (AvgIpc) is 2.71. The number of nitrogens with one attached hydrogen (secondary N) is 2. The third kappa shape index (κ3) is 2.71. The highest BCUT2D eigenvalue weighted by Gasteiger charge is 2.18. The minimum absolute atomic E-state index is 0.00951. The third-order valence-corrected chi connectivity index (χ3v) is 2.59. The van der Waals surface area contributed by atoms with Crippen LogP contribution in [0.5, 0.6) is 0 Å². The fourth-order valence-electron chi connectivity index (χ4n) is 1.52. The van der Waals surface area contributed by atoms with Crippen LogP contribution in [-0.2, 0) is 0 Å². The molecule has 0 unspecified atom stereocenters. The molecule has 0 saturated carbocycles. The van der Waals surface area contributed by atoms with Crippen molar-refractivity contribution in [1.82, 2.24) is 15.0 Å². The number of carbonyl (C=O) groups is 2. The smallest absolute Gasteiger partial charge is 0.339 e. The Morgan fingerprint density at radius 1 is 1.37 bits per heavy atom. The van der Waals surface area contributed by atoms with Crippen LogP contribution < -0.4 is 5.32 Å². The van der Waals surface area contributed by atoms with Gasteiger partial charge in [-0.1, -0.05) is 11.6 Å². The molecule has 3 N–H and O–H groups in total. The van der Waals surface area contributed by atoms with Crippen LogP contribution in [0.2, 0.25) is 5.15 Å². The molecule has 0 radical (unpaired) electrons. The van der Waals surface area contributed by atoms with Gasteiger partial charge in [0.15, 0.2) is 0 Å². The summed E-state index contributed by atoms with van der Waals surface area (Å²) in [5.74, 6) is -1.69.